The maximum atomic E-state index is 13.6. The Morgan fingerprint density at radius 2 is 1.94 bits per heavy atom. The lowest BCUT2D eigenvalue weighted by molar-refractivity contribution is 0.132. The Labute approximate surface area is 100 Å². The first kappa shape index (κ1) is 10.8. The highest BCUT2D eigenvalue weighted by Crippen LogP contribution is 2.30. The van der Waals surface area contributed by atoms with Crippen LogP contribution in [0.15, 0.2) is 18.2 Å². The zero-order chi connectivity index (χ0) is 11.8. The molecule has 0 aromatic heterocycles. The summed E-state index contributed by atoms with van der Waals surface area (Å²) in [5.41, 5.74) is 5.94. The third-order valence-electron chi connectivity index (χ3n) is 3.68. The molecule has 2 aliphatic rings. The molecule has 2 heterocycles. The van der Waals surface area contributed by atoms with Crippen LogP contribution in [0.3, 0.4) is 0 Å². The summed E-state index contributed by atoms with van der Waals surface area (Å²) in [4.78, 5) is 0. The Balaban J connectivity index is 1.70. The molecule has 3 atom stereocenters. The number of piperidine rings is 1. The molecule has 2 fully saturated rings. The van der Waals surface area contributed by atoms with E-state index in [-0.39, 0.29) is 11.9 Å². The van der Waals surface area contributed by atoms with Gasteiger partial charge >= 0.3 is 0 Å². The van der Waals surface area contributed by atoms with Gasteiger partial charge in [-0.15, -0.1) is 0 Å². The predicted molar refractivity (Wildman–Crippen MR) is 64.4 cm³/mol. The second-order valence-electron chi connectivity index (χ2n) is 5.04. The summed E-state index contributed by atoms with van der Waals surface area (Å²) in [7, 11) is 0. The van der Waals surface area contributed by atoms with Crippen molar-refractivity contribution in [2.75, 3.05) is 5.73 Å². The third-order valence-corrected chi connectivity index (χ3v) is 3.68. The summed E-state index contributed by atoms with van der Waals surface area (Å²) in [6.07, 6.45) is 4.51. The van der Waals surface area contributed by atoms with E-state index in [1.165, 1.54) is 18.9 Å². The van der Waals surface area contributed by atoms with E-state index >= 15 is 0 Å². The van der Waals surface area contributed by atoms with E-state index < -0.39 is 0 Å². The van der Waals surface area contributed by atoms with E-state index in [9.17, 15) is 4.39 Å². The molecule has 2 bridgehead atoms. The van der Waals surface area contributed by atoms with Crippen molar-refractivity contribution >= 4 is 5.69 Å². The van der Waals surface area contributed by atoms with Crippen LogP contribution >= 0.6 is 0 Å². The van der Waals surface area contributed by atoms with E-state index in [0.717, 1.165) is 12.8 Å². The number of nitrogens with one attached hydrogen (secondary N) is 1. The first-order chi connectivity index (χ1) is 8.20. The minimum atomic E-state index is -0.365. The second-order valence-corrected chi connectivity index (χ2v) is 5.04. The molecule has 2 aliphatic heterocycles. The fourth-order valence-electron chi connectivity index (χ4n) is 2.89. The lowest BCUT2D eigenvalue weighted by Crippen LogP contribution is -2.42. The van der Waals surface area contributed by atoms with Gasteiger partial charge in [-0.2, -0.15) is 0 Å². The molecule has 0 aliphatic carbocycles. The van der Waals surface area contributed by atoms with Crippen LogP contribution in [0, 0.1) is 5.82 Å². The molecule has 4 heteroatoms. The smallest absolute Gasteiger partial charge is 0.167 e. The minimum absolute atomic E-state index is 0.131. The fraction of sp³-hybridized carbons (Fsp3) is 0.538. The van der Waals surface area contributed by atoms with Crippen molar-refractivity contribution in [3.8, 4) is 5.75 Å². The molecular weight excluding hydrogens is 219 g/mol. The van der Waals surface area contributed by atoms with Crippen LogP contribution in [0.5, 0.6) is 5.75 Å². The highest BCUT2D eigenvalue weighted by atomic mass is 19.1. The van der Waals surface area contributed by atoms with E-state index in [0.29, 0.717) is 23.5 Å². The summed E-state index contributed by atoms with van der Waals surface area (Å²) in [6.45, 7) is 0. The van der Waals surface area contributed by atoms with Gasteiger partial charge in [0, 0.05) is 23.8 Å². The molecule has 1 aromatic carbocycles. The van der Waals surface area contributed by atoms with Crippen molar-refractivity contribution in [3.05, 3.63) is 24.0 Å². The topological polar surface area (TPSA) is 47.3 Å². The van der Waals surface area contributed by atoms with Gasteiger partial charge in [0.1, 0.15) is 6.10 Å². The highest BCUT2D eigenvalue weighted by Gasteiger charge is 2.34. The van der Waals surface area contributed by atoms with Gasteiger partial charge in [0.2, 0.25) is 0 Å². The largest absolute Gasteiger partial charge is 0.487 e. The van der Waals surface area contributed by atoms with Crippen LogP contribution in [0.1, 0.15) is 25.7 Å². The summed E-state index contributed by atoms with van der Waals surface area (Å²) in [5, 5.41) is 3.54. The molecule has 3 rings (SSSR count). The van der Waals surface area contributed by atoms with Crippen molar-refractivity contribution in [2.24, 2.45) is 0 Å². The number of rotatable bonds is 2. The van der Waals surface area contributed by atoms with Crippen molar-refractivity contribution < 1.29 is 9.13 Å². The first-order valence-corrected chi connectivity index (χ1v) is 6.18. The number of benzene rings is 1. The minimum Gasteiger partial charge on any atom is -0.487 e. The van der Waals surface area contributed by atoms with Crippen molar-refractivity contribution in [2.45, 2.75) is 43.9 Å². The van der Waals surface area contributed by atoms with Crippen LogP contribution < -0.4 is 15.8 Å². The maximum absolute atomic E-state index is 13.6. The summed E-state index contributed by atoms with van der Waals surface area (Å²) >= 11 is 0. The summed E-state index contributed by atoms with van der Waals surface area (Å²) in [6, 6.07) is 5.71. The number of halogens is 1. The normalized spacial score (nSPS) is 31.5. The summed E-state index contributed by atoms with van der Waals surface area (Å²) < 4.78 is 19.3. The highest BCUT2D eigenvalue weighted by molar-refractivity contribution is 5.42. The Morgan fingerprint density at radius 1 is 1.24 bits per heavy atom. The molecular formula is C13H17FN2O. The number of hydrogen-bond acceptors (Lipinski definition) is 3. The second kappa shape index (κ2) is 4.18. The zero-order valence-corrected chi connectivity index (χ0v) is 9.66. The molecule has 3 nitrogen and oxygen atoms in total. The predicted octanol–water partition coefficient (Wildman–Crippen LogP) is 2.07. The molecule has 3 N–H and O–H groups in total. The fourth-order valence-corrected chi connectivity index (χ4v) is 2.89. The van der Waals surface area contributed by atoms with E-state index in [1.54, 1.807) is 12.1 Å². The molecule has 92 valence electrons. The average molecular weight is 236 g/mol. The monoisotopic (exact) mass is 236 g/mol. The molecule has 2 saturated heterocycles. The van der Waals surface area contributed by atoms with E-state index in [2.05, 4.69) is 5.32 Å². The number of anilines is 1. The van der Waals surface area contributed by atoms with Gasteiger partial charge in [0.25, 0.3) is 0 Å². The van der Waals surface area contributed by atoms with Gasteiger partial charge in [-0.25, -0.2) is 4.39 Å². The lowest BCUT2D eigenvalue weighted by Gasteiger charge is -2.29. The molecule has 17 heavy (non-hydrogen) atoms. The van der Waals surface area contributed by atoms with Gasteiger partial charge in [-0.05, 0) is 37.8 Å². The van der Waals surface area contributed by atoms with Crippen molar-refractivity contribution in [1.29, 1.82) is 0 Å². The van der Waals surface area contributed by atoms with Crippen LogP contribution in [0.2, 0.25) is 0 Å². The Hall–Kier alpha value is -1.29. The molecule has 0 amide bonds. The number of nitrogens with two attached hydrogens (primary N) is 1. The Morgan fingerprint density at radius 3 is 2.59 bits per heavy atom. The van der Waals surface area contributed by atoms with Gasteiger partial charge < -0.3 is 15.8 Å². The Kier molecular flexibility index (Phi) is 2.67. The SMILES string of the molecule is Nc1ccc(OC2C[C@H]3CC[C@@H](C2)N3)c(F)c1. The van der Waals surface area contributed by atoms with Gasteiger partial charge in [0.05, 0.1) is 0 Å². The number of nitrogen functional groups attached to an aromatic ring is 1. The molecule has 0 saturated carbocycles. The van der Waals surface area contributed by atoms with Crippen LogP contribution in [-0.2, 0) is 0 Å². The van der Waals surface area contributed by atoms with Gasteiger partial charge in [-0.1, -0.05) is 0 Å². The van der Waals surface area contributed by atoms with Crippen LogP contribution in [0.4, 0.5) is 10.1 Å². The molecule has 1 unspecified atom stereocenters. The van der Waals surface area contributed by atoms with Gasteiger partial charge in [0.15, 0.2) is 11.6 Å². The van der Waals surface area contributed by atoms with Crippen LogP contribution in [0.25, 0.3) is 0 Å². The van der Waals surface area contributed by atoms with E-state index in [4.69, 9.17) is 10.5 Å². The van der Waals surface area contributed by atoms with Crippen molar-refractivity contribution in [3.63, 3.8) is 0 Å². The number of hydrogen-bond donors (Lipinski definition) is 2. The lowest BCUT2D eigenvalue weighted by atomic mass is 10.0. The van der Waals surface area contributed by atoms with Crippen LogP contribution in [-0.4, -0.2) is 18.2 Å². The Bertz CT molecular complexity index is 412. The van der Waals surface area contributed by atoms with E-state index in [1.807, 2.05) is 0 Å². The average Bonchev–Trinajstić information content (AvgIpc) is 2.62. The zero-order valence-electron chi connectivity index (χ0n) is 9.66. The van der Waals surface area contributed by atoms with Gasteiger partial charge in [-0.3, -0.25) is 0 Å². The maximum Gasteiger partial charge on any atom is 0.167 e. The number of ether oxygens (including phenoxy) is 1. The summed E-state index contributed by atoms with van der Waals surface area (Å²) in [5.74, 6) is -0.0404. The quantitative estimate of drug-likeness (QED) is 0.773. The molecule has 1 aromatic rings. The third kappa shape index (κ3) is 2.22. The standard InChI is InChI=1S/C13H17FN2O/c14-12-5-8(15)1-4-13(12)17-11-6-9-2-3-10(7-11)16-9/h1,4-5,9-11,16H,2-3,6-7,15H2/t9-,10+,11?. The van der Waals surface area contributed by atoms with Crippen molar-refractivity contribution in [1.82, 2.24) is 5.32 Å². The molecule has 0 spiro atoms. The molecule has 0 radical (unpaired) electrons. The number of fused-ring (bicyclic) bond motifs is 2. The first-order valence-electron chi connectivity index (χ1n) is 6.18.